The zero-order chi connectivity index (χ0) is 14.0. The minimum Gasteiger partial charge on any atom is -0.493 e. The van der Waals surface area contributed by atoms with Crippen LogP contribution in [0.15, 0.2) is 16.6 Å². The van der Waals surface area contributed by atoms with Gasteiger partial charge in [-0.2, -0.15) is 0 Å². The molecule has 104 valence electrons. The number of halogens is 1. The zero-order valence-electron chi connectivity index (χ0n) is 11.0. The molecular formula is C14H17BrO4. The molecule has 0 bridgehead atoms. The Labute approximate surface area is 120 Å². The van der Waals surface area contributed by atoms with Gasteiger partial charge in [0, 0.05) is 0 Å². The van der Waals surface area contributed by atoms with E-state index in [4.69, 9.17) is 9.47 Å². The smallest absolute Gasteiger partial charge is 0.314 e. The van der Waals surface area contributed by atoms with Crippen LogP contribution in [0.3, 0.4) is 0 Å². The van der Waals surface area contributed by atoms with Crippen molar-refractivity contribution in [3.63, 3.8) is 0 Å². The van der Waals surface area contributed by atoms with E-state index in [1.807, 2.05) is 6.07 Å². The number of carbonyl (C=O) groups is 1. The minimum atomic E-state index is -0.807. The van der Waals surface area contributed by atoms with Crippen molar-refractivity contribution in [1.82, 2.24) is 0 Å². The van der Waals surface area contributed by atoms with E-state index < -0.39 is 11.4 Å². The van der Waals surface area contributed by atoms with Crippen LogP contribution < -0.4 is 9.47 Å². The lowest BCUT2D eigenvalue weighted by Gasteiger charge is -2.27. The fraction of sp³-hybridized carbons (Fsp3) is 0.500. The summed E-state index contributed by atoms with van der Waals surface area (Å²) in [5.74, 6) is 0.377. The van der Waals surface area contributed by atoms with Crippen LogP contribution in [0.25, 0.3) is 0 Å². The molecule has 0 radical (unpaired) electrons. The molecule has 1 saturated carbocycles. The maximum absolute atomic E-state index is 11.7. The molecular weight excluding hydrogens is 312 g/mol. The monoisotopic (exact) mass is 328 g/mol. The van der Waals surface area contributed by atoms with Gasteiger partial charge in [0.25, 0.3) is 0 Å². The molecule has 0 heterocycles. The number of hydrogen-bond acceptors (Lipinski definition) is 3. The van der Waals surface area contributed by atoms with Gasteiger partial charge in [0.15, 0.2) is 11.5 Å². The topological polar surface area (TPSA) is 55.8 Å². The van der Waals surface area contributed by atoms with E-state index in [2.05, 4.69) is 15.9 Å². The quantitative estimate of drug-likeness (QED) is 0.920. The summed E-state index contributed by atoms with van der Waals surface area (Å²) >= 11 is 3.48. The molecule has 5 heteroatoms. The van der Waals surface area contributed by atoms with Crippen LogP contribution in [0.5, 0.6) is 11.5 Å². The van der Waals surface area contributed by atoms with Crippen molar-refractivity contribution in [2.75, 3.05) is 14.2 Å². The molecule has 1 aliphatic rings. The molecule has 0 amide bonds. The van der Waals surface area contributed by atoms with Gasteiger partial charge in [-0.15, -0.1) is 0 Å². The first-order valence-electron chi connectivity index (χ1n) is 6.21. The van der Waals surface area contributed by atoms with Gasteiger partial charge in [-0.05, 0) is 40.4 Å². The van der Waals surface area contributed by atoms with E-state index >= 15 is 0 Å². The lowest BCUT2D eigenvalue weighted by atomic mass is 9.79. The summed E-state index contributed by atoms with van der Waals surface area (Å²) in [6.45, 7) is 0. The zero-order valence-corrected chi connectivity index (χ0v) is 12.6. The average molecular weight is 329 g/mol. The van der Waals surface area contributed by atoms with Crippen molar-refractivity contribution >= 4 is 21.9 Å². The Morgan fingerprint density at radius 2 is 1.89 bits per heavy atom. The van der Waals surface area contributed by atoms with Gasteiger partial charge < -0.3 is 14.6 Å². The van der Waals surface area contributed by atoms with Gasteiger partial charge in [-0.3, -0.25) is 4.79 Å². The molecule has 0 aromatic heterocycles. The highest BCUT2D eigenvalue weighted by atomic mass is 79.9. The SMILES string of the molecule is COc1ccc(C2(C(=O)O)CCCC2)c(Br)c1OC. The van der Waals surface area contributed by atoms with Crippen LogP contribution in [0.2, 0.25) is 0 Å². The fourth-order valence-electron chi connectivity index (χ4n) is 2.84. The highest BCUT2D eigenvalue weighted by Gasteiger charge is 2.44. The molecule has 1 N–H and O–H groups in total. The van der Waals surface area contributed by atoms with E-state index in [9.17, 15) is 9.90 Å². The van der Waals surface area contributed by atoms with Crippen LogP contribution in [0.4, 0.5) is 0 Å². The third-order valence-corrected chi connectivity index (χ3v) is 4.65. The van der Waals surface area contributed by atoms with E-state index in [0.29, 0.717) is 28.8 Å². The average Bonchev–Trinajstić information content (AvgIpc) is 2.88. The first kappa shape index (κ1) is 14.2. The Kier molecular flexibility index (Phi) is 4.04. The van der Waals surface area contributed by atoms with Crippen LogP contribution in [-0.4, -0.2) is 25.3 Å². The summed E-state index contributed by atoms with van der Waals surface area (Å²) in [7, 11) is 3.11. The molecule has 0 aliphatic heterocycles. The predicted molar refractivity (Wildman–Crippen MR) is 75.0 cm³/mol. The third-order valence-electron chi connectivity index (χ3n) is 3.87. The Morgan fingerprint density at radius 1 is 1.26 bits per heavy atom. The summed E-state index contributed by atoms with van der Waals surface area (Å²) in [5, 5.41) is 9.64. The standard InChI is InChI=1S/C14H17BrO4/c1-18-10-6-5-9(11(15)12(10)19-2)14(13(16)17)7-3-4-8-14/h5-6H,3-4,7-8H2,1-2H3,(H,16,17). The van der Waals surface area contributed by atoms with Crippen LogP contribution in [0.1, 0.15) is 31.2 Å². The molecule has 1 aliphatic carbocycles. The summed E-state index contributed by atoms with van der Waals surface area (Å²) in [4.78, 5) is 11.7. The van der Waals surface area contributed by atoms with E-state index in [-0.39, 0.29) is 0 Å². The number of benzene rings is 1. The van der Waals surface area contributed by atoms with Crippen molar-refractivity contribution in [1.29, 1.82) is 0 Å². The molecule has 1 fully saturated rings. The van der Waals surface area contributed by atoms with Crippen molar-refractivity contribution in [3.8, 4) is 11.5 Å². The Hall–Kier alpha value is -1.23. The summed E-state index contributed by atoms with van der Waals surface area (Å²) in [6.07, 6.45) is 3.20. The van der Waals surface area contributed by atoms with Crippen molar-refractivity contribution in [2.24, 2.45) is 0 Å². The van der Waals surface area contributed by atoms with Crippen molar-refractivity contribution in [2.45, 2.75) is 31.1 Å². The van der Waals surface area contributed by atoms with Crippen LogP contribution in [0, 0.1) is 0 Å². The van der Waals surface area contributed by atoms with Gasteiger partial charge in [0.05, 0.1) is 24.1 Å². The van der Waals surface area contributed by atoms with Gasteiger partial charge in [0.1, 0.15) is 0 Å². The maximum Gasteiger partial charge on any atom is 0.314 e. The van der Waals surface area contributed by atoms with E-state index in [1.165, 1.54) is 0 Å². The summed E-state index contributed by atoms with van der Waals surface area (Å²) in [6, 6.07) is 3.59. The van der Waals surface area contributed by atoms with Crippen molar-refractivity contribution < 1.29 is 19.4 Å². The number of ether oxygens (including phenoxy) is 2. The number of carboxylic acids is 1. The molecule has 19 heavy (non-hydrogen) atoms. The van der Waals surface area contributed by atoms with Gasteiger partial charge >= 0.3 is 5.97 Å². The minimum absolute atomic E-state index is 0.549. The second kappa shape index (κ2) is 5.41. The number of rotatable bonds is 4. The molecule has 0 atom stereocenters. The number of methoxy groups -OCH3 is 2. The largest absolute Gasteiger partial charge is 0.493 e. The second-order valence-electron chi connectivity index (χ2n) is 4.76. The van der Waals surface area contributed by atoms with Gasteiger partial charge in [-0.25, -0.2) is 0 Å². The molecule has 1 aromatic rings. The summed E-state index contributed by atoms with van der Waals surface area (Å²) in [5.41, 5.74) is -0.0339. The molecule has 0 unspecified atom stereocenters. The molecule has 0 spiro atoms. The van der Waals surface area contributed by atoms with Crippen LogP contribution in [-0.2, 0) is 10.2 Å². The maximum atomic E-state index is 11.7. The molecule has 2 rings (SSSR count). The first-order chi connectivity index (χ1) is 9.06. The highest BCUT2D eigenvalue weighted by Crippen LogP contribution is 2.48. The third kappa shape index (κ3) is 2.20. The van der Waals surface area contributed by atoms with Gasteiger partial charge in [-0.1, -0.05) is 18.9 Å². The first-order valence-corrected chi connectivity index (χ1v) is 7.00. The molecule has 1 aromatic carbocycles. The Bertz CT molecular complexity index is 492. The van der Waals surface area contributed by atoms with Crippen molar-refractivity contribution in [3.05, 3.63) is 22.2 Å². The summed E-state index contributed by atoms with van der Waals surface area (Å²) < 4.78 is 11.2. The lowest BCUT2D eigenvalue weighted by Crippen LogP contribution is -2.33. The van der Waals surface area contributed by atoms with E-state index in [1.54, 1.807) is 20.3 Å². The number of carboxylic acid groups (broad SMARTS) is 1. The molecule has 0 saturated heterocycles. The van der Waals surface area contributed by atoms with E-state index in [0.717, 1.165) is 18.4 Å². The normalized spacial score (nSPS) is 17.2. The lowest BCUT2D eigenvalue weighted by molar-refractivity contribution is -0.143. The Morgan fingerprint density at radius 3 is 2.37 bits per heavy atom. The number of aliphatic carboxylic acids is 1. The van der Waals surface area contributed by atoms with Crippen LogP contribution >= 0.6 is 15.9 Å². The molecule has 4 nitrogen and oxygen atoms in total. The fourth-order valence-corrected chi connectivity index (χ4v) is 3.70. The number of hydrogen-bond donors (Lipinski definition) is 1. The predicted octanol–water partition coefficient (Wildman–Crippen LogP) is 3.36. The highest BCUT2D eigenvalue weighted by molar-refractivity contribution is 9.10. The van der Waals surface area contributed by atoms with Gasteiger partial charge in [0.2, 0.25) is 0 Å². The second-order valence-corrected chi connectivity index (χ2v) is 5.55. The Balaban J connectivity index is 2.59.